The lowest BCUT2D eigenvalue weighted by Gasteiger charge is -2.35. The summed E-state index contributed by atoms with van der Waals surface area (Å²) in [5.74, 6) is 0.521. The first-order valence-electron chi connectivity index (χ1n) is 17.8. The molecule has 0 aliphatic carbocycles. The molecule has 1 N–H and O–H groups in total. The van der Waals surface area contributed by atoms with E-state index in [2.05, 4.69) is 19.8 Å². The van der Waals surface area contributed by atoms with E-state index in [1.54, 1.807) is 43.4 Å². The number of alkyl halides is 1. The summed E-state index contributed by atoms with van der Waals surface area (Å²) in [5.41, 5.74) is 4.22. The van der Waals surface area contributed by atoms with Crippen molar-refractivity contribution in [3.05, 3.63) is 64.4 Å². The third-order valence-corrected chi connectivity index (χ3v) is 11.1. The maximum absolute atomic E-state index is 15.1. The average molecular weight is 687 g/mol. The van der Waals surface area contributed by atoms with E-state index in [0.717, 1.165) is 65.0 Å². The molecule has 0 saturated carbocycles. The number of aryl methyl sites for hydroxylation is 2. The Bertz CT molecular complexity index is 1970. The topological polar surface area (TPSA) is 103 Å². The maximum atomic E-state index is 15.1. The van der Waals surface area contributed by atoms with Crippen molar-refractivity contribution in [3.8, 4) is 11.8 Å². The summed E-state index contributed by atoms with van der Waals surface area (Å²) in [5, 5.41) is 16.9. The van der Waals surface area contributed by atoms with Gasteiger partial charge >= 0.3 is 6.01 Å². The minimum absolute atomic E-state index is 0.0955. The number of amides is 1. The van der Waals surface area contributed by atoms with Crippen molar-refractivity contribution in [1.29, 1.82) is 0 Å². The van der Waals surface area contributed by atoms with E-state index in [1.165, 1.54) is 6.07 Å². The van der Waals surface area contributed by atoms with Crippen LogP contribution in [0.1, 0.15) is 65.5 Å². The fourth-order valence-corrected chi connectivity index (χ4v) is 8.68. The second kappa shape index (κ2) is 12.7. The molecule has 264 valence electrons. The number of nitrogens with zero attached hydrogens (tertiary/aromatic N) is 8. The van der Waals surface area contributed by atoms with E-state index in [-0.39, 0.29) is 29.0 Å². The van der Waals surface area contributed by atoms with Crippen LogP contribution in [0.5, 0.6) is 11.8 Å². The highest BCUT2D eigenvalue weighted by molar-refractivity contribution is 5.98. The summed E-state index contributed by atoms with van der Waals surface area (Å²) in [6.45, 7) is 6.37. The van der Waals surface area contributed by atoms with Crippen LogP contribution in [0.15, 0.2) is 30.5 Å². The van der Waals surface area contributed by atoms with Crippen molar-refractivity contribution >= 4 is 28.2 Å². The summed E-state index contributed by atoms with van der Waals surface area (Å²) in [6.07, 6.45) is 5.04. The molecule has 2 aromatic heterocycles. The molecule has 0 spiro atoms. The van der Waals surface area contributed by atoms with Gasteiger partial charge in [-0.15, -0.1) is 0 Å². The first kappa shape index (κ1) is 32.7. The number of rotatable bonds is 7. The monoisotopic (exact) mass is 686 g/mol. The lowest BCUT2D eigenvalue weighted by molar-refractivity contribution is 0.0826. The molecule has 6 heterocycles. The van der Waals surface area contributed by atoms with Gasteiger partial charge in [0.1, 0.15) is 30.2 Å². The summed E-state index contributed by atoms with van der Waals surface area (Å²) >= 11 is 0. The normalized spacial score (nSPS) is 22.0. The molecular weight excluding hydrogens is 642 g/mol. The fraction of sp³-hybridized carbons (Fsp3) is 0.514. The zero-order chi connectivity index (χ0) is 34.7. The third kappa shape index (κ3) is 5.59. The van der Waals surface area contributed by atoms with Gasteiger partial charge in [0.05, 0.1) is 41.8 Å². The zero-order valence-corrected chi connectivity index (χ0v) is 29.0. The van der Waals surface area contributed by atoms with Crippen molar-refractivity contribution < 1.29 is 23.4 Å². The Morgan fingerprint density at radius 2 is 1.96 bits per heavy atom. The molecule has 4 aliphatic rings. The van der Waals surface area contributed by atoms with Crippen LogP contribution in [0.4, 0.5) is 20.3 Å². The van der Waals surface area contributed by atoms with Gasteiger partial charge in [-0.1, -0.05) is 13.0 Å². The van der Waals surface area contributed by atoms with E-state index in [0.29, 0.717) is 76.3 Å². The summed E-state index contributed by atoms with van der Waals surface area (Å²) in [4.78, 5) is 31.3. The predicted molar refractivity (Wildman–Crippen MR) is 186 cm³/mol. The van der Waals surface area contributed by atoms with Crippen LogP contribution in [-0.4, -0.2) is 99.2 Å². The van der Waals surface area contributed by atoms with E-state index < -0.39 is 6.17 Å². The number of hydrogen-bond acceptors (Lipinski definition) is 9. The molecule has 4 aliphatic heterocycles. The van der Waals surface area contributed by atoms with E-state index in [4.69, 9.17) is 14.7 Å². The Labute approximate surface area is 290 Å². The first-order chi connectivity index (χ1) is 24.1. The lowest BCUT2D eigenvalue weighted by atomic mass is 9.95. The molecule has 0 unspecified atom stereocenters. The van der Waals surface area contributed by atoms with Gasteiger partial charge < -0.3 is 24.5 Å². The average Bonchev–Trinajstić information content (AvgIpc) is 3.72. The molecule has 1 amide bonds. The molecule has 8 rings (SSSR count). The number of phenols is 1. The van der Waals surface area contributed by atoms with Crippen molar-refractivity contribution in [3.63, 3.8) is 0 Å². The molecule has 0 radical (unpaired) electrons. The number of fused-ring (bicyclic) bond motifs is 4. The van der Waals surface area contributed by atoms with Crippen LogP contribution in [0.3, 0.4) is 0 Å². The van der Waals surface area contributed by atoms with Gasteiger partial charge in [-0.3, -0.25) is 14.4 Å². The van der Waals surface area contributed by atoms with Crippen LogP contribution in [-0.2, 0) is 32.5 Å². The van der Waals surface area contributed by atoms with Gasteiger partial charge in [0.2, 0.25) is 0 Å². The van der Waals surface area contributed by atoms with Crippen LogP contribution in [0.25, 0.3) is 10.8 Å². The van der Waals surface area contributed by atoms with Crippen molar-refractivity contribution in [2.45, 2.75) is 76.8 Å². The maximum Gasteiger partial charge on any atom is 0.318 e. The lowest BCUT2D eigenvalue weighted by Crippen LogP contribution is -2.43. The largest absolute Gasteiger partial charge is 0.508 e. The number of aromatic hydroxyl groups is 1. The number of ether oxygens (including phenoxy) is 1. The Morgan fingerprint density at radius 3 is 2.78 bits per heavy atom. The standard InChI is InChI=1S/C37H44F2N8O3/c1-4-26-29(39)8-7-23-15-25(48)16-31(33(23)26)44-14-9-27-30(20-44)41-36(50-22-37-10-5-12-46(37)19-24(38)17-37)42-34(27)45-11-6-13-47-32(21-45)28(18-40-47)35(49)43(2)3/h7-8,15-16,18,24,48H,4-6,9-14,17,19-22H2,1-3H3/t24-,37+/m1/s1. The number of carbonyl (C=O) groups is 1. The number of phenolic OH excluding ortho intramolecular Hbond substituents is 1. The summed E-state index contributed by atoms with van der Waals surface area (Å²) in [7, 11) is 3.48. The highest BCUT2D eigenvalue weighted by Gasteiger charge is 2.49. The predicted octanol–water partition coefficient (Wildman–Crippen LogP) is 4.86. The van der Waals surface area contributed by atoms with Gasteiger partial charge in [0.15, 0.2) is 0 Å². The van der Waals surface area contributed by atoms with Gasteiger partial charge in [0.25, 0.3) is 5.91 Å². The summed E-state index contributed by atoms with van der Waals surface area (Å²) < 4.78 is 38.1. The van der Waals surface area contributed by atoms with Crippen molar-refractivity contribution in [1.82, 2.24) is 29.5 Å². The Morgan fingerprint density at radius 1 is 1.10 bits per heavy atom. The molecule has 2 aromatic carbocycles. The van der Waals surface area contributed by atoms with E-state index in [1.807, 2.05) is 11.6 Å². The highest BCUT2D eigenvalue weighted by atomic mass is 19.1. The number of anilines is 2. The summed E-state index contributed by atoms with van der Waals surface area (Å²) in [6, 6.07) is 6.81. The molecule has 11 nitrogen and oxygen atoms in total. The van der Waals surface area contributed by atoms with Crippen molar-refractivity contribution in [2.75, 3.05) is 56.7 Å². The molecule has 50 heavy (non-hydrogen) atoms. The molecule has 2 fully saturated rings. The second-order valence-corrected chi connectivity index (χ2v) is 14.4. The van der Waals surface area contributed by atoms with Gasteiger partial charge in [-0.05, 0) is 61.7 Å². The number of benzene rings is 2. The SMILES string of the molecule is CCc1c(F)ccc2cc(O)cc(N3CCc4c(nc(OC[C@@]56CCCN5C[C@H](F)C6)nc4N4CCCn5ncc(C(=O)N(C)C)c5C4)C3)c12. The molecule has 4 aromatic rings. The van der Waals surface area contributed by atoms with Crippen LogP contribution >= 0.6 is 0 Å². The molecule has 13 heteroatoms. The minimum Gasteiger partial charge on any atom is -0.508 e. The number of hydrogen-bond donors (Lipinski definition) is 1. The Hall–Kier alpha value is -4.52. The molecule has 0 bridgehead atoms. The Kier molecular flexibility index (Phi) is 8.28. The quantitative estimate of drug-likeness (QED) is 0.292. The smallest absolute Gasteiger partial charge is 0.318 e. The molecular formula is C37H44F2N8O3. The third-order valence-electron chi connectivity index (χ3n) is 11.1. The van der Waals surface area contributed by atoms with Crippen LogP contribution in [0.2, 0.25) is 0 Å². The van der Waals surface area contributed by atoms with Crippen LogP contribution in [0, 0.1) is 5.82 Å². The van der Waals surface area contributed by atoms with Gasteiger partial charge in [-0.25, -0.2) is 8.78 Å². The highest BCUT2D eigenvalue weighted by Crippen LogP contribution is 2.42. The number of halogens is 2. The van der Waals surface area contributed by atoms with E-state index in [9.17, 15) is 14.3 Å². The fourth-order valence-electron chi connectivity index (χ4n) is 8.68. The van der Waals surface area contributed by atoms with E-state index >= 15 is 4.39 Å². The zero-order valence-electron chi connectivity index (χ0n) is 29.0. The number of carbonyl (C=O) groups excluding carboxylic acids is 1. The minimum atomic E-state index is -0.872. The molecule has 2 atom stereocenters. The molecule has 2 saturated heterocycles. The van der Waals surface area contributed by atoms with Crippen molar-refractivity contribution in [2.24, 2.45) is 0 Å². The van der Waals surface area contributed by atoms with Gasteiger partial charge in [-0.2, -0.15) is 15.1 Å². The number of aromatic nitrogens is 4. The second-order valence-electron chi connectivity index (χ2n) is 14.4. The Balaban J connectivity index is 1.19. The van der Waals surface area contributed by atoms with Gasteiger partial charge in [0, 0.05) is 69.4 Å². The van der Waals surface area contributed by atoms with Crippen LogP contribution < -0.4 is 14.5 Å². The first-order valence-corrected chi connectivity index (χ1v) is 17.8.